The standard InChI is InChI=1S/C26H25NO4/c1-30-22-12-8-19(9-13-22)25(28)24-17-20(16-18-6-4-3-5-7-18)26(29)27(24)21-10-14-23(31-2)15-11-21/h3-15,20,24H,16-17H2,1-2H3/t20-,24-/m0/s1. The van der Waals surface area contributed by atoms with Crippen molar-refractivity contribution in [3.8, 4) is 11.5 Å². The highest BCUT2D eigenvalue weighted by Gasteiger charge is 2.44. The summed E-state index contributed by atoms with van der Waals surface area (Å²) in [5.41, 5.74) is 2.36. The lowest BCUT2D eigenvalue weighted by molar-refractivity contribution is -0.120. The number of ether oxygens (including phenoxy) is 2. The molecule has 0 saturated carbocycles. The zero-order valence-electron chi connectivity index (χ0n) is 17.7. The average Bonchev–Trinajstić information content (AvgIpc) is 3.15. The molecule has 1 saturated heterocycles. The van der Waals surface area contributed by atoms with E-state index in [1.165, 1.54) is 0 Å². The maximum absolute atomic E-state index is 13.4. The van der Waals surface area contributed by atoms with Crippen LogP contribution < -0.4 is 14.4 Å². The van der Waals surface area contributed by atoms with Gasteiger partial charge in [0.15, 0.2) is 5.78 Å². The van der Waals surface area contributed by atoms with E-state index < -0.39 is 6.04 Å². The Balaban J connectivity index is 1.66. The normalized spacial score (nSPS) is 18.1. The van der Waals surface area contributed by atoms with Crippen LogP contribution >= 0.6 is 0 Å². The van der Waals surface area contributed by atoms with E-state index in [-0.39, 0.29) is 17.6 Å². The molecule has 0 aliphatic carbocycles. The predicted octanol–water partition coefficient (Wildman–Crippen LogP) is 4.55. The first-order valence-electron chi connectivity index (χ1n) is 10.3. The van der Waals surface area contributed by atoms with Crippen LogP contribution in [0.4, 0.5) is 5.69 Å². The van der Waals surface area contributed by atoms with Gasteiger partial charge in [0.05, 0.1) is 14.2 Å². The van der Waals surface area contributed by atoms with E-state index in [4.69, 9.17) is 9.47 Å². The van der Waals surface area contributed by atoms with Crippen LogP contribution in [0.25, 0.3) is 0 Å². The number of Topliss-reactive ketones (excluding diaryl/α,β-unsaturated/α-hetero) is 1. The van der Waals surface area contributed by atoms with Crippen molar-refractivity contribution >= 4 is 17.4 Å². The van der Waals surface area contributed by atoms with Crippen LogP contribution in [0.1, 0.15) is 22.3 Å². The molecule has 0 unspecified atom stereocenters. The highest BCUT2D eigenvalue weighted by Crippen LogP contribution is 2.35. The molecule has 4 rings (SSSR count). The van der Waals surface area contributed by atoms with Gasteiger partial charge in [-0.1, -0.05) is 30.3 Å². The molecule has 1 aliphatic heterocycles. The molecule has 1 aliphatic rings. The molecule has 2 atom stereocenters. The van der Waals surface area contributed by atoms with Gasteiger partial charge in [0.25, 0.3) is 0 Å². The van der Waals surface area contributed by atoms with Gasteiger partial charge in [-0.25, -0.2) is 0 Å². The van der Waals surface area contributed by atoms with Crippen LogP contribution in [-0.4, -0.2) is 32.0 Å². The Bertz CT molecular complexity index is 1050. The van der Waals surface area contributed by atoms with E-state index >= 15 is 0 Å². The first kappa shape index (κ1) is 20.7. The quantitative estimate of drug-likeness (QED) is 0.531. The fraction of sp³-hybridized carbons (Fsp3) is 0.231. The minimum Gasteiger partial charge on any atom is -0.497 e. The van der Waals surface area contributed by atoms with E-state index in [1.54, 1.807) is 43.4 Å². The van der Waals surface area contributed by atoms with Gasteiger partial charge >= 0.3 is 0 Å². The lowest BCUT2D eigenvalue weighted by Gasteiger charge is -2.24. The lowest BCUT2D eigenvalue weighted by atomic mass is 9.93. The maximum atomic E-state index is 13.4. The van der Waals surface area contributed by atoms with Gasteiger partial charge in [0.2, 0.25) is 5.91 Å². The summed E-state index contributed by atoms with van der Waals surface area (Å²) in [6, 6.07) is 23.7. The summed E-state index contributed by atoms with van der Waals surface area (Å²) in [7, 11) is 3.19. The second-order valence-electron chi connectivity index (χ2n) is 7.64. The third-order valence-corrected chi connectivity index (χ3v) is 5.76. The smallest absolute Gasteiger partial charge is 0.231 e. The Morgan fingerprint density at radius 2 is 1.45 bits per heavy atom. The summed E-state index contributed by atoms with van der Waals surface area (Å²) in [6.45, 7) is 0. The molecule has 31 heavy (non-hydrogen) atoms. The zero-order valence-corrected chi connectivity index (χ0v) is 17.7. The van der Waals surface area contributed by atoms with Crippen molar-refractivity contribution < 1.29 is 19.1 Å². The van der Waals surface area contributed by atoms with Crippen molar-refractivity contribution in [2.75, 3.05) is 19.1 Å². The Kier molecular flexibility index (Phi) is 6.03. The van der Waals surface area contributed by atoms with Crippen molar-refractivity contribution in [3.63, 3.8) is 0 Å². The van der Waals surface area contributed by atoms with Gasteiger partial charge in [-0.2, -0.15) is 0 Å². The number of anilines is 1. The lowest BCUT2D eigenvalue weighted by Crippen LogP contribution is -2.39. The number of nitrogens with zero attached hydrogens (tertiary/aromatic N) is 1. The number of hydrogen-bond acceptors (Lipinski definition) is 4. The Morgan fingerprint density at radius 1 is 0.871 bits per heavy atom. The molecule has 158 valence electrons. The zero-order chi connectivity index (χ0) is 21.8. The van der Waals surface area contributed by atoms with Crippen molar-refractivity contribution in [2.24, 2.45) is 5.92 Å². The van der Waals surface area contributed by atoms with Crippen molar-refractivity contribution in [3.05, 3.63) is 90.0 Å². The van der Waals surface area contributed by atoms with E-state index in [9.17, 15) is 9.59 Å². The maximum Gasteiger partial charge on any atom is 0.231 e. The minimum atomic E-state index is -0.553. The molecular weight excluding hydrogens is 390 g/mol. The van der Waals surface area contributed by atoms with Gasteiger partial charge in [0, 0.05) is 17.2 Å². The van der Waals surface area contributed by atoms with E-state index in [0.29, 0.717) is 35.6 Å². The summed E-state index contributed by atoms with van der Waals surface area (Å²) in [4.78, 5) is 28.5. The third-order valence-electron chi connectivity index (χ3n) is 5.76. The molecule has 5 heteroatoms. The van der Waals surface area contributed by atoms with Crippen LogP contribution in [0.3, 0.4) is 0 Å². The van der Waals surface area contributed by atoms with Crippen molar-refractivity contribution in [1.29, 1.82) is 0 Å². The molecule has 0 bridgehead atoms. The number of carbonyl (C=O) groups excluding carboxylic acids is 2. The topological polar surface area (TPSA) is 55.8 Å². The SMILES string of the molecule is COc1ccc(C(=O)[C@@H]2C[C@H](Cc3ccccc3)C(=O)N2c2ccc(OC)cc2)cc1. The molecule has 0 N–H and O–H groups in total. The molecule has 0 aromatic heterocycles. The van der Waals surface area contributed by atoms with Gasteiger partial charge in [-0.15, -0.1) is 0 Å². The van der Waals surface area contributed by atoms with E-state index in [1.807, 2.05) is 54.6 Å². The third kappa shape index (κ3) is 4.31. The number of benzene rings is 3. The Morgan fingerprint density at radius 3 is 2.03 bits per heavy atom. The number of amides is 1. The van der Waals surface area contributed by atoms with Crippen LogP contribution in [0.15, 0.2) is 78.9 Å². The predicted molar refractivity (Wildman–Crippen MR) is 120 cm³/mol. The molecular formula is C26H25NO4. The largest absolute Gasteiger partial charge is 0.497 e. The molecule has 5 nitrogen and oxygen atoms in total. The summed E-state index contributed by atoms with van der Waals surface area (Å²) in [5.74, 6) is 1.04. The summed E-state index contributed by atoms with van der Waals surface area (Å²) in [6.07, 6.45) is 1.09. The molecule has 1 amide bonds. The highest BCUT2D eigenvalue weighted by atomic mass is 16.5. The highest BCUT2D eigenvalue weighted by molar-refractivity contribution is 6.11. The van der Waals surface area contributed by atoms with Crippen LogP contribution in [0, 0.1) is 5.92 Å². The van der Waals surface area contributed by atoms with Gasteiger partial charge in [-0.05, 0) is 66.9 Å². The average molecular weight is 415 g/mol. The monoisotopic (exact) mass is 415 g/mol. The van der Waals surface area contributed by atoms with Gasteiger partial charge in [0.1, 0.15) is 17.5 Å². The molecule has 3 aromatic carbocycles. The van der Waals surface area contributed by atoms with Gasteiger partial charge < -0.3 is 14.4 Å². The fourth-order valence-corrected chi connectivity index (χ4v) is 4.12. The van der Waals surface area contributed by atoms with E-state index in [0.717, 1.165) is 5.56 Å². The number of methoxy groups -OCH3 is 2. The summed E-state index contributed by atoms with van der Waals surface area (Å²) in [5, 5.41) is 0. The summed E-state index contributed by atoms with van der Waals surface area (Å²) >= 11 is 0. The number of hydrogen-bond donors (Lipinski definition) is 0. The first-order valence-corrected chi connectivity index (χ1v) is 10.3. The van der Waals surface area contributed by atoms with Gasteiger partial charge in [-0.3, -0.25) is 9.59 Å². The van der Waals surface area contributed by atoms with Crippen LogP contribution in [0.5, 0.6) is 11.5 Å². The minimum absolute atomic E-state index is 0.0270. The van der Waals surface area contributed by atoms with Crippen molar-refractivity contribution in [2.45, 2.75) is 18.9 Å². The first-order chi connectivity index (χ1) is 15.1. The number of carbonyl (C=O) groups is 2. The Labute approximate surface area is 182 Å². The van der Waals surface area contributed by atoms with Crippen LogP contribution in [0.2, 0.25) is 0 Å². The molecule has 1 fully saturated rings. The second-order valence-corrected chi connectivity index (χ2v) is 7.64. The molecule has 3 aromatic rings. The number of rotatable bonds is 7. The van der Waals surface area contributed by atoms with E-state index in [2.05, 4.69) is 0 Å². The number of ketones is 1. The summed E-state index contributed by atoms with van der Waals surface area (Å²) < 4.78 is 10.4. The molecule has 0 spiro atoms. The van der Waals surface area contributed by atoms with Crippen molar-refractivity contribution in [1.82, 2.24) is 0 Å². The Hall–Kier alpha value is -3.60. The van der Waals surface area contributed by atoms with Crippen LogP contribution in [-0.2, 0) is 11.2 Å². The molecule has 0 radical (unpaired) electrons. The fourth-order valence-electron chi connectivity index (χ4n) is 4.12. The second kappa shape index (κ2) is 9.04. The molecule has 1 heterocycles.